The molecule has 1 N–H and O–H groups in total. The van der Waals surface area contributed by atoms with Gasteiger partial charge in [-0.25, -0.2) is 4.39 Å². The lowest BCUT2D eigenvalue weighted by Gasteiger charge is -2.15. The Morgan fingerprint density at radius 2 is 1.76 bits per heavy atom. The standard InChI is InChI=1S/C11H10F4O2/c12-8-4-1-7(2-5-8)3-6-9(10(16)17)11(13,14)15/h1-2,4-5,9H,3,6H2,(H,16,17)/t9-/m0/s1. The molecule has 0 aliphatic heterocycles. The van der Waals surface area contributed by atoms with Crippen LogP contribution in [0.25, 0.3) is 0 Å². The van der Waals surface area contributed by atoms with Crippen LogP contribution in [-0.2, 0) is 11.2 Å². The fraction of sp³-hybridized carbons (Fsp3) is 0.364. The van der Waals surface area contributed by atoms with Gasteiger partial charge in [0.2, 0.25) is 0 Å². The number of carboxylic acids is 1. The molecule has 1 aromatic carbocycles. The highest BCUT2D eigenvalue weighted by Gasteiger charge is 2.44. The predicted molar refractivity (Wildman–Crippen MR) is 51.9 cm³/mol. The van der Waals surface area contributed by atoms with Gasteiger partial charge in [0.1, 0.15) is 5.82 Å². The Balaban J connectivity index is 2.65. The average molecular weight is 250 g/mol. The van der Waals surface area contributed by atoms with Crippen LogP contribution in [0, 0.1) is 11.7 Å². The van der Waals surface area contributed by atoms with Crippen LogP contribution in [0.3, 0.4) is 0 Å². The molecule has 0 heterocycles. The molecule has 0 saturated carbocycles. The van der Waals surface area contributed by atoms with Crippen molar-refractivity contribution in [1.29, 1.82) is 0 Å². The number of halogens is 4. The molecule has 0 bridgehead atoms. The number of alkyl halides is 3. The second-order valence-electron chi connectivity index (χ2n) is 3.60. The van der Waals surface area contributed by atoms with Gasteiger partial charge in [-0.1, -0.05) is 12.1 Å². The first-order valence-electron chi connectivity index (χ1n) is 4.84. The molecule has 0 aliphatic carbocycles. The topological polar surface area (TPSA) is 37.3 Å². The first-order valence-corrected chi connectivity index (χ1v) is 4.84. The minimum Gasteiger partial charge on any atom is -0.481 e. The Morgan fingerprint density at radius 1 is 1.24 bits per heavy atom. The van der Waals surface area contributed by atoms with E-state index in [1.807, 2.05) is 0 Å². The van der Waals surface area contributed by atoms with Crippen LogP contribution >= 0.6 is 0 Å². The maximum absolute atomic E-state index is 12.5. The molecule has 0 fully saturated rings. The molecule has 1 aromatic rings. The summed E-state index contributed by atoms with van der Waals surface area (Å²) in [5.41, 5.74) is 0.474. The highest BCUT2D eigenvalue weighted by Crippen LogP contribution is 2.30. The molecule has 0 spiro atoms. The van der Waals surface area contributed by atoms with E-state index in [1.54, 1.807) is 0 Å². The Bertz CT molecular complexity index is 383. The van der Waals surface area contributed by atoms with Crippen molar-refractivity contribution in [2.75, 3.05) is 0 Å². The van der Waals surface area contributed by atoms with Gasteiger partial charge in [-0.15, -0.1) is 0 Å². The Hall–Kier alpha value is -1.59. The molecule has 1 rings (SSSR count). The SMILES string of the molecule is O=C(O)[C@H](CCc1ccc(F)cc1)C(F)(F)F. The zero-order chi connectivity index (χ0) is 13.1. The number of aliphatic carboxylic acids is 1. The van der Waals surface area contributed by atoms with Gasteiger partial charge in [-0.3, -0.25) is 4.79 Å². The molecule has 1 atom stereocenters. The number of hydrogen-bond donors (Lipinski definition) is 1. The lowest BCUT2D eigenvalue weighted by atomic mass is 9.99. The first kappa shape index (κ1) is 13.5. The van der Waals surface area contributed by atoms with Crippen LogP contribution in [0.2, 0.25) is 0 Å². The molecule has 0 aliphatic rings. The van der Waals surface area contributed by atoms with Crippen LogP contribution in [0.5, 0.6) is 0 Å². The third kappa shape index (κ3) is 4.05. The number of carboxylic acid groups (broad SMARTS) is 1. The summed E-state index contributed by atoms with van der Waals surface area (Å²) in [6.45, 7) is 0. The Kier molecular flexibility index (Phi) is 4.09. The van der Waals surface area contributed by atoms with E-state index in [2.05, 4.69) is 0 Å². The van der Waals surface area contributed by atoms with E-state index in [9.17, 15) is 22.4 Å². The van der Waals surface area contributed by atoms with Crippen molar-refractivity contribution >= 4 is 5.97 Å². The summed E-state index contributed by atoms with van der Waals surface area (Å²) in [6.07, 6.45) is -5.37. The van der Waals surface area contributed by atoms with E-state index in [-0.39, 0.29) is 6.42 Å². The Morgan fingerprint density at radius 3 is 2.18 bits per heavy atom. The van der Waals surface area contributed by atoms with Crippen molar-refractivity contribution < 1.29 is 27.5 Å². The molecule has 0 amide bonds. The summed E-state index contributed by atoms with van der Waals surface area (Å²) in [5, 5.41) is 8.45. The molecular weight excluding hydrogens is 240 g/mol. The minimum absolute atomic E-state index is 0.0588. The monoisotopic (exact) mass is 250 g/mol. The fourth-order valence-corrected chi connectivity index (χ4v) is 1.39. The summed E-state index contributed by atoms with van der Waals surface area (Å²) in [6, 6.07) is 4.92. The van der Waals surface area contributed by atoms with Gasteiger partial charge in [0.15, 0.2) is 5.92 Å². The summed E-state index contributed by atoms with van der Waals surface area (Å²) < 4.78 is 49.4. The van der Waals surface area contributed by atoms with Crippen molar-refractivity contribution in [2.24, 2.45) is 5.92 Å². The van der Waals surface area contributed by atoms with Crippen LogP contribution in [0.1, 0.15) is 12.0 Å². The molecular formula is C11H10F4O2. The lowest BCUT2D eigenvalue weighted by Crippen LogP contribution is -2.30. The van der Waals surface area contributed by atoms with Gasteiger partial charge in [-0.2, -0.15) is 13.2 Å². The fourth-order valence-electron chi connectivity index (χ4n) is 1.39. The normalized spacial score (nSPS) is 13.4. The summed E-state index contributed by atoms with van der Waals surface area (Å²) in [7, 11) is 0. The second kappa shape index (κ2) is 5.16. The van der Waals surface area contributed by atoms with Gasteiger partial charge >= 0.3 is 12.1 Å². The molecule has 2 nitrogen and oxygen atoms in total. The number of aryl methyl sites for hydroxylation is 1. The molecule has 17 heavy (non-hydrogen) atoms. The minimum atomic E-state index is -4.76. The number of hydrogen-bond acceptors (Lipinski definition) is 1. The van der Waals surface area contributed by atoms with Gasteiger partial charge in [-0.05, 0) is 30.5 Å². The van der Waals surface area contributed by atoms with E-state index in [1.165, 1.54) is 12.1 Å². The molecule has 0 aromatic heterocycles. The zero-order valence-electron chi connectivity index (χ0n) is 8.67. The molecule has 6 heteroatoms. The molecule has 0 radical (unpaired) electrons. The number of benzene rings is 1. The van der Waals surface area contributed by atoms with Crippen LogP contribution < -0.4 is 0 Å². The van der Waals surface area contributed by atoms with Crippen molar-refractivity contribution in [3.8, 4) is 0 Å². The van der Waals surface area contributed by atoms with Crippen LogP contribution in [0.15, 0.2) is 24.3 Å². The van der Waals surface area contributed by atoms with E-state index in [4.69, 9.17) is 5.11 Å². The third-order valence-corrected chi connectivity index (χ3v) is 2.33. The van der Waals surface area contributed by atoms with Crippen molar-refractivity contribution in [3.05, 3.63) is 35.6 Å². The number of carbonyl (C=O) groups is 1. The smallest absolute Gasteiger partial charge is 0.402 e. The Labute approximate surface area is 94.9 Å². The largest absolute Gasteiger partial charge is 0.481 e. The predicted octanol–water partition coefficient (Wildman–Crippen LogP) is 3.02. The maximum Gasteiger partial charge on any atom is 0.402 e. The van der Waals surface area contributed by atoms with Gasteiger partial charge in [0.25, 0.3) is 0 Å². The molecule has 0 saturated heterocycles. The maximum atomic E-state index is 12.5. The molecule has 94 valence electrons. The highest BCUT2D eigenvalue weighted by molar-refractivity contribution is 5.70. The van der Waals surface area contributed by atoms with Gasteiger partial charge < -0.3 is 5.11 Å². The van der Waals surface area contributed by atoms with Gasteiger partial charge in [0, 0.05) is 0 Å². The number of rotatable bonds is 4. The van der Waals surface area contributed by atoms with E-state index >= 15 is 0 Å². The van der Waals surface area contributed by atoms with Crippen LogP contribution in [-0.4, -0.2) is 17.3 Å². The van der Waals surface area contributed by atoms with E-state index in [0.29, 0.717) is 5.56 Å². The average Bonchev–Trinajstić information content (AvgIpc) is 2.18. The highest BCUT2D eigenvalue weighted by atomic mass is 19.4. The summed E-state index contributed by atoms with van der Waals surface area (Å²) in [5.74, 6) is -4.76. The van der Waals surface area contributed by atoms with Crippen molar-refractivity contribution in [3.63, 3.8) is 0 Å². The van der Waals surface area contributed by atoms with E-state index in [0.717, 1.165) is 12.1 Å². The lowest BCUT2D eigenvalue weighted by molar-refractivity contribution is -0.194. The third-order valence-electron chi connectivity index (χ3n) is 2.33. The summed E-state index contributed by atoms with van der Waals surface area (Å²) >= 11 is 0. The van der Waals surface area contributed by atoms with Crippen molar-refractivity contribution in [2.45, 2.75) is 19.0 Å². The van der Waals surface area contributed by atoms with Crippen LogP contribution in [0.4, 0.5) is 17.6 Å². The van der Waals surface area contributed by atoms with Gasteiger partial charge in [0.05, 0.1) is 0 Å². The van der Waals surface area contributed by atoms with E-state index < -0.39 is 30.3 Å². The first-order chi connectivity index (χ1) is 7.80. The summed E-state index contributed by atoms with van der Waals surface area (Å²) in [4.78, 5) is 10.4. The second-order valence-corrected chi connectivity index (χ2v) is 3.60. The van der Waals surface area contributed by atoms with Crippen molar-refractivity contribution in [1.82, 2.24) is 0 Å². The quantitative estimate of drug-likeness (QED) is 0.834. The zero-order valence-corrected chi connectivity index (χ0v) is 8.67. The molecule has 0 unspecified atom stereocenters.